The third kappa shape index (κ3) is 4.33. The van der Waals surface area contributed by atoms with Crippen LogP contribution in [0.15, 0.2) is 30.3 Å². The van der Waals surface area contributed by atoms with Gasteiger partial charge < -0.3 is 5.32 Å². The molecule has 0 atom stereocenters. The first-order chi connectivity index (χ1) is 12.7. The minimum atomic E-state index is -0.596. The Kier molecular flexibility index (Phi) is 5.56. The number of carbonyl (C=O) groups is 1. The van der Waals surface area contributed by atoms with Crippen LogP contribution in [0.25, 0.3) is 10.2 Å². The summed E-state index contributed by atoms with van der Waals surface area (Å²) < 4.78 is 0.923. The summed E-state index contributed by atoms with van der Waals surface area (Å²) in [5, 5.41) is 17.1. The van der Waals surface area contributed by atoms with E-state index in [2.05, 4.69) is 15.6 Å². The second-order valence-electron chi connectivity index (χ2n) is 5.42. The van der Waals surface area contributed by atoms with Gasteiger partial charge in [-0.3, -0.25) is 20.2 Å². The number of hydrogen-bond donors (Lipinski definition) is 2. The Morgan fingerprint density at radius 2 is 2.00 bits per heavy atom. The molecule has 1 aromatic heterocycles. The lowest BCUT2D eigenvalue weighted by Gasteiger charge is -2.08. The van der Waals surface area contributed by atoms with Crippen molar-refractivity contribution in [1.82, 2.24) is 10.3 Å². The van der Waals surface area contributed by atoms with Gasteiger partial charge in [0, 0.05) is 17.2 Å². The summed E-state index contributed by atoms with van der Waals surface area (Å²) in [5.41, 5.74) is 1.51. The van der Waals surface area contributed by atoms with Gasteiger partial charge in [-0.25, -0.2) is 4.98 Å². The molecule has 2 N–H and O–H groups in total. The van der Waals surface area contributed by atoms with Crippen molar-refractivity contribution < 1.29 is 9.72 Å². The van der Waals surface area contributed by atoms with E-state index in [9.17, 15) is 14.9 Å². The van der Waals surface area contributed by atoms with E-state index in [1.165, 1.54) is 23.5 Å². The van der Waals surface area contributed by atoms with Gasteiger partial charge in [-0.05, 0) is 42.9 Å². The lowest BCUT2D eigenvalue weighted by atomic mass is 10.2. The molecule has 0 bridgehead atoms. The van der Waals surface area contributed by atoms with Gasteiger partial charge in [0.25, 0.3) is 11.6 Å². The van der Waals surface area contributed by atoms with Crippen molar-refractivity contribution in [2.75, 3.05) is 5.32 Å². The number of non-ortho nitro benzene ring substituents is 1. The van der Waals surface area contributed by atoms with Crippen molar-refractivity contribution in [2.45, 2.75) is 6.92 Å². The molecule has 3 rings (SSSR count). The van der Waals surface area contributed by atoms with Crippen LogP contribution < -0.4 is 10.6 Å². The van der Waals surface area contributed by atoms with E-state index in [1.807, 2.05) is 13.0 Å². The van der Waals surface area contributed by atoms with Gasteiger partial charge in [-0.15, -0.1) is 0 Å². The van der Waals surface area contributed by atoms with Crippen molar-refractivity contribution in [3.05, 3.63) is 61.6 Å². The number of amides is 1. The molecule has 0 fully saturated rings. The number of nitrogens with one attached hydrogen (secondary N) is 2. The molecule has 3 aromatic rings. The predicted octanol–water partition coefficient (Wildman–Crippen LogP) is 4.95. The van der Waals surface area contributed by atoms with Crippen LogP contribution in [0.1, 0.15) is 15.9 Å². The number of hydrogen-bond acceptors (Lipinski definition) is 6. The average molecular weight is 441 g/mol. The zero-order chi connectivity index (χ0) is 19.7. The van der Waals surface area contributed by atoms with E-state index < -0.39 is 10.8 Å². The molecule has 0 unspecified atom stereocenters. The number of nitro groups is 1. The smallest absolute Gasteiger partial charge is 0.270 e. The largest absolute Gasteiger partial charge is 0.308 e. The average Bonchev–Trinajstić information content (AvgIpc) is 2.95. The molecule has 0 saturated heterocycles. The third-order valence-electron chi connectivity index (χ3n) is 3.52. The summed E-state index contributed by atoms with van der Waals surface area (Å²) in [6, 6.07) is 7.23. The van der Waals surface area contributed by atoms with Crippen molar-refractivity contribution in [3.8, 4) is 0 Å². The molecule has 0 aliphatic carbocycles. The second-order valence-corrected chi connectivity index (χ2v) is 7.67. The Hall–Kier alpha value is -2.33. The first kappa shape index (κ1) is 19.4. The number of nitrogens with zero attached hydrogens (tertiary/aromatic N) is 2. The highest BCUT2D eigenvalue weighted by molar-refractivity contribution is 7.80. The van der Waals surface area contributed by atoms with Gasteiger partial charge in [0.15, 0.2) is 10.2 Å². The van der Waals surface area contributed by atoms with Crippen LogP contribution in [0.2, 0.25) is 10.0 Å². The maximum atomic E-state index is 12.3. The molecule has 0 aliphatic rings. The van der Waals surface area contributed by atoms with Gasteiger partial charge in [0.2, 0.25) is 0 Å². The lowest BCUT2D eigenvalue weighted by Crippen LogP contribution is -2.34. The fourth-order valence-electron chi connectivity index (χ4n) is 2.20. The number of aryl methyl sites for hydroxylation is 1. The maximum absolute atomic E-state index is 12.3. The molecular formula is C16H10Cl2N4O3S2. The summed E-state index contributed by atoms with van der Waals surface area (Å²) in [5.74, 6) is -0.590. The number of nitro benzene ring substituents is 1. The van der Waals surface area contributed by atoms with Gasteiger partial charge in [0.1, 0.15) is 0 Å². The zero-order valence-electron chi connectivity index (χ0n) is 13.6. The van der Waals surface area contributed by atoms with Gasteiger partial charge in [-0.2, -0.15) is 0 Å². The number of anilines is 1. The molecule has 1 amide bonds. The van der Waals surface area contributed by atoms with Crippen LogP contribution in [0.5, 0.6) is 0 Å². The van der Waals surface area contributed by atoms with E-state index >= 15 is 0 Å². The molecule has 27 heavy (non-hydrogen) atoms. The van der Waals surface area contributed by atoms with E-state index in [1.54, 1.807) is 6.07 Å². The topological polar surface area (TPSA) is 97.2 Å². The minimum absolute atomic E-state index is 0.0243. The van der Waals surface area contributed by atoms with Crippen molar-refractivity contribution >= 4 is 78.8 Å². The van der Waals surface area contributed by atoms with Crippen molar-refractivity contribution in [2.24, 2.45) is 0 Å². The Morgan fingerprint density at radius 1 is 1.26 bits per heavy atom. The number of benzene rings is 2. The number of aromatic nitrogens is 1. The Labute approximate surface area is 172 Å². The number of fused-ring (bicyclic) bond motifs is 1. The summed E-state index contributed by atoms with van der Waals surface area (Å²) in [6.07, 6.45) is 0. The molecule has 138 valence electrons. The number of thiazole rings is 1. The molecule has 7 nitrogen and oxygen atoms in total. The first-order valence-electron chi connectivity index (χ1n) is 7.37. The predicted molar refractivity (Wildman–Crippen MR) is 111 cm³/mol. The molecule has 0 radical (unpaired) electrons. The summed E-state index contributed by atoms with van der Waals surface area (Å²) in [6.45, 7) is 1.90. The van der Waals surface area contributed by atoms with Crippen LogP contribution in [0, 0.1) is 17.0 Å². The van der Waals surface area contributed by atoms with E-state index in [0.29, 0.717) is 15.7 Å². The van der Waals surface area contributed by atoms with Gasteiger partial charge in [0.05, 0.1) is 25.7 Å². The quantitative estimate of drug-likeness (QED) is 0.339. The Morgan fingerprint density at radius 3 is 2.67 bits per heavy atom. The molecular weight excluding hydrogens is 431 g/mol. The lowest BCUT2D eigenvalue weighted by molar-refractivity contribution is -0.384. The third-order valence-corrected chi connectivity index (χ3v) is 5.38. The highest BCUT2D eigenvalue weighted by Crippen LogP contribution is 2.30. The molecule has 0 saturated carbocycles. The molecule has 1 heterocycles. The first-order valence-corrected chi connectivity index (χ1v) is 9.35. The monoisotopic (exact) mass is 440 g/mol. The Bertz CT molecular complexity index is 1060. The van der Waals surface area contributed by atoms with Gasteiger partial charge in [-0.1, -0.05) is 34.5 Å². The van der Waals surface area contributed by atoms with E-state index in [4.69, 9.17) is 35.4 Å². The highest BCUT2D eigenvalue weighted by atomic mass is 35.5. The van der Waals surface area contributed by atoms with Crippen LogP contribution >= 0.6 is 46.8 Å². The zero-order valence-corrected chi connectivity index (χ0v) is 16.7. The normalized spacial score (nSPS) is 10.6. The fraction of sp³-hybridized carbons (Fsp3) is 0.0625. The van der Waals surface area contributed by atoms with Gasteiger partial charge >= 0.3 is 0 Å². The maximum Gasteiger partial charge on any atom is 0.270 e. The highest BCUT2D eigenvalue weighted by Gasteiger charge is 2.16. The Balaban J connectivity index is 1.72. The van der Waals surface area contributed by atoms with Crippen LogP contribution in [0.3, 0.4) is 0 Å². The summed E-state index contributed by atoms with van der Waals surface area (Å²) in [7, 11) is 0. The number of rotatable bonds is 3. The number of thiocarbonyl (C=S) groups is 1. The molecule has 0 spiro atoms. The molecule has 0 aliphatic heterocycles. The number of carbonyl (C=O) groups excluding carboxylic acids is 1. The fourth-order valence-corrected chi connectivity index (χ4v) is 3.83. The van der Waals surface area contributed by atoms with Crippen LogP contribution in [-0.4, -0.2) is 20.9 Å². The minimum Gasteiger partial charge on any atom is -0.308 e. The van der Waals surface area contributed by atoms with E-state index in [-0.39, 0.29) is 21.4 Å². The van der Waals surface area contributed by atoms with Crippen LogP contribution in [-0.2, 0) is 0 Å². The standard InChI is InChI=1S/C16H10Cl2N4O3S2/c1-7-4-13-12(6-10(7)17)19-16(27-13)21-15(26)20-14(23)9-3-2-8(22(24)25)5-11(9)18/h2-6H,1H3,(H2,19,20,21,23,26). The van der Waals surface area contributed by atoms with E-state index in [0.717, 1.165) is 16.3 Å². The second kappa shape index (κ2) is 7.73. The van der Waals surface area contributed by atoms with Crippen LogP contribution in [0.4, 0.5) is 10.8 Å². The number of halogens is 2. The van der Waals surface area contributed by atoms with Crippen molar-refractivity contribution in [1.29, 1.82) is 0 Å². The summed E-state index contributed by atoms with van der Waals surface area (Å²) >= 11 is 18.5. The van der Waals surface area contributed by atoms with Crippen molar-refractivity contribution in [3.63, 3.8) is 0 Å². The molecule has 11 heteroatoms. The summed E-state index contributed by atoms with van der Waals surface area (Å²) in [4.78, 5) is 26.8. The SMILES string of the molecule is Cc1cc2sc(NC(=S)NC(=O)c3ccc([N+](=O)[O-])cc3Cl)nc2cc1Cl. The molecule has 2 aromatic carbocycles.